The van der Waals surface area contributed by atoms with E-state index in [2.05, 4.69) is 29.5 Å². The number of pyridine rings is 1. The third-order valence-corrected chi connectivity index (χ3v) is 5.35. The van der Waals surface area contributed by atoms with Crippen LogP contribution in [0.25, 0.3) is 0 Å². The van der Waals surface area contributed by atoms with Gasteiger partial charge in [-0.3, -0.25) is 9.78 Å². The zero-order chi connectivity index (χ0) is 15.5. The average Bonchev–Trinajstić information content (AvgIpc) is 2.78. The Balaban J connectivity index is 2.01. The van der Waals surface area contributed by atoms with E-state index in [1.54, 1.807) is 12.3 Å². The molecule has 2 rings (SSSR count). The van der Waals surface area contributed by atoms with Crippen LogP contribution in [0.5, 0.6) is 0 Å². The van der Waals surface area contributed by atoms with Gasteiger partial charge in [0.25, 0.3) is 5.91 Å². The molecule has 1 aromatic rings. The molecule has 0 radical (unpaired) electrons. The predicted octanol–water partition coefficient (Wildman–Crippen LogP) is 1.21. The number of anilines is 1. The molecular formula is C14H21N3O3S. The van der Waals surface area contributed by atoms with E-state index in [-0.39, 0.29) is 23.5 Å². The lowest BCUT2D eigenvalue weighted by Crippen LogP contribution is -2.36. The van der Waals surface area contributed by atoms with E-state index in [0.717, 1.165) is 12.1 Å². The van der Waals surface area contributed by atoms with Gasteiger partial charge >= 0.3 is 0 Å². The summed E-state index contributed by atoms with van der Waals surface area (Å²) in [7, 11) is -3.00. The quantitative estimate of drug-likeness (QED) is 0.853. The minimum atomic E-state index is -3.00. The summed E-state index contributed by atoms with van der Waals surface area (Å²) >= 11 is 0. The van der Waals surface area contributed by atoms with Gasteiger partial charge in [0.2, 0.25) is 0 Å². The second kappa shape index (κ2) is 6.43. The average molecular weight is 311 g/mol. The van der Waals surface area contributed by atoms with Gasteiger partial charge in [0.1, 0.15) is 5.69 Å². The van der Waals surface area contributed by atoms with Crippen LogP contribution in [0.1, 0.15) is 37.2 Å². The second-order valence-electron chi connectivity index (χ2n) is 5.46. The Kier molecular flexibility index (Phi) is 4.82. The van der Waals surface area contributed by atoms with E-state index >= 15 is 0 Å². The van der Waals surface area contributed by atoms with Crippen molar-refractivity contribution < 1.29 is 13.2 Å². The number of aromatic nitrogens is 1. The van der Waals surface area contributed by atoms with Gasteiger partial charge in [0.15, 0.2) is 9.84 Å². The Bertz CT molecular complexity index is 616. The molecule has 2 atom stereocenters. The fourth-order valence-corrected chi connectivity index (χ4v) is 3.87. The molecule has 1 amide bonds. The highest BCUT2D eigenvalue weighted by Crippen LogP contribution is 2.14. The molecule has 2 heterocycles. The summed E-state index contributed by atoms with van der Waals surface area (Å²) < 4.78 is 22.8. The number of sulfone groups is 1. The Morgan fingerprint density at radius 2 is 2.29 bits per heavy atom. The fraction of sp³-hybridized carbons (Fsp3) is 0.571. The zero-order valence-corrected chi connectivity index (χ0v) is 13.1. The summed E-state index contributed by atoms with van der Waals surface area (Å²) in [5.41, 5.74) is 1.14. The van der Waals surface area contributed by atoms with Crippen LogP contribution in [-0.4, -0.2) is 42.9 Å². The number of rotatable bonds is 5. The zero-order valence-electron chi connectivity index (χ0n) is 12.3. The Labute approximate surface area is 125 Å². The molecule has 116 valence electrons. The molecule has 1 saturated heterocycles. The third kappa shape index (κ3) is 4.42. The highest BCUT2D eigenvalue weighted by atomic mass is 32.2. The predicted molar refractivity (Wildman–Crippen MR) is 82.1 cm³/mol. The first-order valence-corrected chi connectivity index (χ1v) is 8.95. The van der Waals surface area contributed by atoms with Crippen molar-refractivity contribution >= 4 is 21.4 Å². The molecule has 0 saturated carbocycles. The number of nitrogens with zero attached hydrogens (tertiary/aromatic N) is 1. The maximum atomic E-state index is 12.1. The molecule has 21 heavy (non-hydrogen) atoms. The van der Waals surface area contributed by atoms with Crippen LogP contribution in [0.2, 0.25) is 0 Å². The number of hydrogen-bond acceptors (Lipinski definition) is 5. The van der Waals surface area contributed by atoms with E-state index in [1.807, 2.05) is 6.07 Å². The van der Waals surface area contributed by atoms with E-state index in [9.17, 15) is 13.2 Å². The van der Waals surface area contributed by atoms with Gasteiger partial charge in [0.05, 0.1) is 11.5 Å². The summed E-state index contributed by atoms with van der Waals surface area (Å²) in [6, 6.07) is 3.49. The normalized spacial score (nSPS) is 21.7. The van der Waals surface area contributed by atoms with Crippen LogP contribution < -0.4 is 10.6 Å². The molecule has 0 aliphatic carbocycles. The summed E-state index contributed by atoms with van der Waals surface area (Å²) in [5, 5.41) is 6.01. The number of amides is 1. The molecule has 2 unspecified atom stereocenters. The maximum absolute atomic E-state index is 12.1. The van der Waals surface area contributed by atoms with Crippen molar-refractivity contribution in [2.24, 2.45) is 0 Å². The van der Waals surface area contributed by atoms with Crippen LogP contribution in [0.4, 0.5) is 5.69 Å². The van der Waals surface area contributed by atoms with Gasteiger partial charge in [-0.05, 0) is 31.9 Å². The van der Waals surface area contributed by atoms with Crippen LogP contribution in [0, 0.1) is 0 Å². The smallest absolute Gasteiger partial charge is 0.270 e. The topological polar surface area (TPSA) is 88.2 Å². The fourth-order valence-electron chi connectivity index (χ4n) is 2.20. The summed E-state index contributed by atoms with van der Waals surface area (Å²) in [4.78, 5) is 16.2. The minimum absolute atomic E-state index is 0.0174. The van der Waals surface area contributed by atoms with Crippen molar-refractivity contribution in [2.75, 3.05) is 16.8 Å². The molecule has 0 aromatic carbocycles. The molecule has 6 nitrogen and oxygen atoms in total. The van der Waals surface area contributed by atoms with Crippen molar-refractivity contribution in [3.05, 3.63) is 24.0 Å². The maximum Gasteiger partial charge on any atom is 0.270 e. The lowest BCUT2D eigenvalue weighted by Gasteiger charge is -2.14. The number of hydrogen-bond donors (Lipinski definition) is 2. The van der Waals surface area contributed by atoms with Gasteiger partial charge in [-0.1, -0.05) is 6.92 Å². The van der Waals surface area contributed by atoms with Gasteiger partial charge in [-0.15, -0.1) is 0 Å². The van der Waals surface area contributed by atoms with Crippen molar-refractivity contribution in [1.29, 1.82) is 0 Å². The summed E-state index contributed by atoms with van der Waals surface area (Å²) in [6.45, 7) is 4.14. The molecule has 0 spiro atoms. The van der Waals surface area contributed by atoms with Gasteiger partial charge < -0.3 is 10.6 Å². The lowest BCUT2D eigenvalue weighted by atomic mass is 10.2. The van der Waals surface area contributed by atoms with Crippen molar-refractivity contribution in [3.63, 3.8) is 0 Å². The Hall–Kier alpha value is -1.63. The summed E-state index contributed by atoms with van der Waals surface area (Å²) in [6.07, 6.45) is 3.02. The molecule has 1 aromatic heterocycles. The molecule has 1 aliphatic rings. The molecule has 7 heteroatoms. The van der Waals surface area contributed by atoms with Crippen molar-refractivity contribution in [1.82, 2.24) is 10.3 Å². The van der Waals surface area contributed by atoms with Gasteiger partial charge in [-0.25, -0.2) is 8.42 Å². The molecule has 1 fully saturated rings. The monoisotopic (exact) mass is 311 g/mol. The number of carbonyl (C=O) groups excluding carboxylic acids is 1. The standard InChI is InChI=1S/C14H21N3O3S/c1-3-10(2)16-11-4-6-15-13(8-11)14(18)17-12-5-7-21(19,20)9-12/h4,6,8,10,12H,3,5,7,9H2,1-2H3,(H,15,16)(H,17,18). The molecular weight excluding hydrogens is 290 g/mol. The van der Waals surface area contributed by atoms with E-state index in [4.69, 9.17) is 0 Å². The first kappa shape index (κ1) is 15.8. The highest BCUT2D eigenvalue weighted by molar-refractivity contribution is 7.91. The first-order valence-electron chi connectivity index (χ1n) is 7.13. The van der Waals surface area contributed by atoms with Crippen molar-refractivity contribution in [3.8, 4) is 0 Å². The third-order valence-electron chi connectivity index (χ3n) is 3.59. The minimum Gasteiger partial charge on any atom is -0.382 e. The Morgan fingerprint density at radius 1 is 1.52 bits per heavy atom. The van der Waals surface area contributed by atoms with Gasteiger partial charge in [-0.2, -0.15) is 0 Å². The lowest BCUT2D eigenvalue weighted by molar-refractivity contribution is 0.0936. The Morgan fingerprint density at radius 3 is 2.90 bits per heavy atom. The molecule has 1 aliphatic heterocycles. The second-order valence-corrected chi connectivity index (χ2v) is 7.69. The molecule has 2 N–H and O–H groups in total. The van der Waals surface area contributed by atoms with Crippen LogP contribution in [0.15, 0.2) is 18.3 Å². The highest BCUT2D eigenvalue weighted by Gasteiger charge is 2.29. The van der Waals surface area contributed by atoms with Crippen molar-refractivity contribution in [2.45, 2.75) is 38.8 Å². The van der Waals surface area contributed by atoms with Crippen LogP contribution >= 0.6 is 0 Å². The summed E-state index contributed by atoms with van der Waals surface area (Å²) in [5.74, 6) is -0.172. The first-order chi connectivity index (χ1) is 9.89. The number of nitrogens with one attached hydrogen (secondary N) is 2. The van der Waals surface area contributed by atoms with Gasteiger partial charge in [0, 0.05) is 24.0 Å². The SMILES string of the molecule is CCC(C)Nc1ccnc(C(=O)NC2CCS(=O)(=O)C2)c1. The van der Waals surface area contributed by atoms with Crippen LogP contribution in [-0.2, 0) is 9.84 Å². The molecule has 0 bridgehead atoms. The van der Waals surface area contributed by atoms with E-state index < -0.39 is 9.84 Å². The van der Waals surface area contributed by atoms with E-state index in [1.165, 1.54) is 0 Å². The van der Waals surface area contributed by atoms with Crippen LogP contribution in [0.3, 0.4) is 0 Å². The largest absolute Gasteiger partial charge is 0.382 e. The number of carbonyl (C=O) groups is 1. The van der Waals surface area contributed by atoms with E-state index in [0.29, 0.717) is 18.2 Å².